The number of carbonyl (C=O) groups is 1. The topological polar surface area (TPSA) is 30.0 Å². The van der Waals surface area contributed by atoms with Crippen molar-refractivity contribution in [2.75, 3.05) is 0 Å². The van der Waals surface area contributed by atoms with Gasteiger partial charge in [0.05, 0.1) is 0 Å². The Kier molecular flexibility index (Phi) is 4.85. The van der Waals surface area contributed by atoms with Gasteiger partial charge in [0.1, 0.15) is 5.78 Å². The quantitative estimate of drug-likeness (QED) is 0.682. The lowest BCUT2D eigenvalue weighted by molar-refractivity contribution is -0.117. The predicted octanol–water partition coefficient (Wildman–Crippen LogP) is 4.72. The molecule has 0 saturated heterocycles. The number of aryl methyl sites for hydroxylation is 2. The Morgan fingerprint density at radius 1 is 0.833 bits per heavy atom. The van der Waals surface area contributed by atoms with Crippen LogP contribution in [0.15, 0.2) is 66.9 Å². The second-order valence-electron chi connectivity index (χ2n) is 6.26. The van der Waals surface area contributed by atoms with Crippen molar-refractivity contribution >= 4 is 5.78 Å². The Balaban J connectivity index is 1.66. The zero-order valence-electron chi connectivity index (χ0n) is 14.1. The molecule has 24 heavy (non-hydrogen) atoms. The highest BCUT2D eigenvalue weighted by Crippen LogP contribution is 2.20. The molecule has 3 aromatic rings. The first kappa shape index (κ1) is 16.1. The lowest BCUT2D eigenvalue weighted by atomic mass is 9.99. The van der Waals surface area contributed by atoms with E-state index in [1.54, 1.807) is 0 Å². The van der Waals surface area contributed by atoms with Gasteiger partial charge in [-0.3, -0.25) is 9.78 Å². The number of ketones is 1. The summed E-state index contributed by atoms with van der Waals surface area (Å²) in [6.07, 6.45) is 2.79. The number of nitrogens with zero attached hydrogens (tertiary/aromatic N) is 1. The van der Waals surface area contributed by atoms with Gasteiger partial charge >= 0.3 is 0 Å². The summed E-state index contributed by atoms with van der Waals surface area (Å²) in [5, 5.41) is 0. The van der Waals surface area contributed by atoms with E-state index in [9.17, 15) is 4.79 Å². The number of benzene rings is 2. The molecule has 0 saturated carbocycles. The van der Waals surface area contributed by atoms with Gasteiger partial charge in [-0.05, 0) is 48.2 Å². The van der Waals surface area contributed by atoms with E-state index in [1.165, 1.54) is 5.56 Å². The molecular weight excluding hydrogens is 294 g/mol. The van der Waals surface area contributed by atoms with Crippen LogP contribution in [-0.4, -0.2) is 10.8 Å². The lowest BCUT2D eigenvalue weighted by Gasteiger charge is -2.06. The summed E-state index contributed by atoms with van der Waals surface area (Å²) in [6, 6.07) is 20.4. The molecule has 1 aromatic heterocycles. The van der Waals surface area contributed by atoms with Crippen LogP contribution in [-0.2, 0) is 17.6 Å². The predicted molar refractivity (Wildman–Crippen MR) is 98.0 cm³/mol. The molecule has 0 bridgehead atoms. The summed E-state index contributed by atoms with van der Waals surface area (Å²) in [6.45, 7) is 4.04. The van der Waals surface area contributed by atoms with Crippen LogP contribution in [0.25, 0.3) is 11.1 Å². The summed E-state index contributed by atoms with van der Waals surface area (Å²) >= 11 is 0. The largest absolute Gasteiger partial charge is 0.299 e. The Bertz CT molecular complexity index is 850. The van der Waals surface area contributed by atoms with E-state index in [0.717, 1.165) is 27.9 Å². The molecule has 0 aliphatic rings. The van der Waals surface area contributed by atoms with Gasteiger partial charge in [0.25, 0.3) is 0 Å². The number of hydrogen-bond donors (Lipinski definition) is 0. The van der Waals surface area contributed by atoms with Crippen LogP contribution in [0, 0.1) is 13.8 Å². The third kappa shape index (κ3) is 4.17. The van der Waals surface area contributed by atoms with Crippen LogP contribution < -0.4 is 0 Å². The Morgan fingerprint density at radius 2 is 1.58 bits per heavy atom. The van der Waals surface area contributed by atoms with Crippen molar-refractivity contribution in [3.05, 3.63) is 89.2 Å². The van der Waals surface area contributed by atoms with E-state index in [1.807, 2.05) is 56.4 Å². The molecule has 2 heteroatoms. The van der Waals surface area contributed by atoms with Gasteiger partial charge in [0.2, 0.25) is 0 Å². The van der Waals surface area contributed by atoms with E-state index in [-0.39, 0.29) is 5.78 Å². The van der Waals surface area contributed by atoms with Crippen molar-refractivity contribution in [2.24, 2.45) is 0 Å². The number of rotatable bonds is 5. The van der Waals surface area contributed by atoms with Crippen molar-refractivity contribution in [1.82, 2.24) is 4.98 Å². The van der Waals surface area contributed by atoms with E-state index < -0.39 is 0 Å². The van der Waals surface area contributed by atoms with E-state index in [0.29, 0.717) is 12.8 Å². The van der Waals surface area contributed by atoms with Crippen molar-refractivity contribution in [3.63, 3.8) is 0 Å². The minimum atomic E-state index is 0.244. The molecule has 0 fully saturated rings. The third-order valence-corrected chi connectivity index (χ3v) is 4.07. The molecule has 0 spiro atoms. The van der Waals surface area contributed by atoms with Crippen molar-refractivity contribution in [2.45, 2.75) is 26.7 Å². The molecule has 3 rings (SSSR count). The maximum absolute atomic E-state index is 12.3. The SMILES string of the molecule is Cc1cccc(CC(=O)Cc2ccc(-c3ccnc(C)c3)cc2)c1. The Labute approximate surface area is 143 Å². The molecule has 0 atom stereocenters. The minimum absolute atomic E-state index is 0.244. The first-order valence-corrected chi connectivity index (χ1v) is 8.19. The average Bonchev–Trinajstić information content (AvgIpc) is 2.55. The minimum Gasteiger partial charge on any atom is -0.299 e. The molecular formula is C22H21NO. The molecule has 0 aliphatic heterocycles. The van der Waals surface area contributed by atoms with Crippen molar-refractivity contribution in [1.29, 1.82) is 0 Å². The Hall–Kier alpha value is -2.74. The van der Waals surface area contributed by atoms with Gasteiger partial charge in [-0.15, -0.1) is 0 Å². The summed E-state index contributed by atoms with van der Waals surface area (Å²) in [7, 11) is 0. The number of hydrogen-bond acceptors (Lipinski definition) is 2. The van der Waals surface area contributed by atoms with Crippen LogP contribution >= 0.6 is 0 Å². The van der Waals surface area contributed by atoms with Crippen LogP contribution in [0.4, 0.5) is 0 Å². The Morgan fingerprint density at radius 3 is 2.29 bits per heavy atom. The van der Waals surface area contributed by atoms with Gasteiger partial charge in [-0.2, -0.15) is 0 Å². The highest BCUT2D eigenvalue weighted by molar-refractivity contribution is 5.83. The monoisotopic (exact) mass is 315 g/mol. The zero-order valence-corrected chi connectivity index (χ0v) is 14.1. The first-order chi connectivity index (χ1) is 11.6. The molecule has 0 aliphatic carbocycles. The second-order valence-corrected chi connectivity index (χ2v) is 6.26. The van der Waals surface area contributed by atoms with Gasteiger partial charge in [-0.25, -0.2) is 0 Å². The standard InChI is InChI=1S/C22H21NO/c1-16-4-3-5-19(12-16)15-22(24)14-18-6-8-20(9-7-18)21-10-11-23-17(2)13-21/h3-13H,14-15H2,1-2H3. The molecule has 0 radical (unpaired) electrons. The van der Waals surface area contributed by atoms with Gasteiger partial charge in [0.15, 0.2) is 0 Å². The van der Waals surface area contributed by atoms with Crippen LogP contribution in [0.5, 0.6) is 0 Å². The number of Topliss-reactive ketones (excluding diaryl/α,β-unsaturated/α-hetero) is 1. The van der Waals surface area contributed by atoms with Gasteiger partial charge in [0, 0.05) is 24.7 Å². The second kappa shape index (κ2) is 7.22. The van der Waals surface area contributed by atoms with Crippen molar-refractivity contribution in [3.8, 4) is 11.1 Å². The normalized spacial score (nSPS) is 10.6. The maximum atomic E-state index is 12.3. The molecule has 2 nitrogen and oxygen atoms in total. The fourth-order valence-electron chi connectivity index (χ4n) is 2.88. The fraction of sp³-hybridized carbons (Fsp3) is 0.182. The molecule has 1 heterocycles. The smallest absolute Gasteiger partial charge is 0.141 e. The third-order valence-electron chi connectivity index (χ3n) is 4.07. The zero-order chi connectivity index (χ0) is 16.9. The van der Waals surface area contributed by atoms with Crippen molar-refractivity contribution < 1.29 is 4.79 Å². The first-order valence-electron chi connectivity index (χ1n) is 8.19. The number of aromatic nitrogens is 1. The van der Waals surface area contributed by atoms with Gasteiger partial charge in [-0.1, -0.05) is 54.1 Å². The van der Waals surface area contributed by atoms with Crippen LogP contribution in [0.1, 0.15) is 22.4 Å². The highest BCUT2D eigenvalue weighted by Gasteiger charge is 2.06. The van der Waals surface area contributed by atoms with Crippen LogP contribution in [0.3, 0.4) is 0 Å². The number of carbonyl (C=O) groups excluding carboxylic acids is 1. The molecule has 2 aromatic carbocycles. The highest BCUT2D eigenvalue weighted by atomic mass is 16.1. The van der Waals surface area contributed by atoms with E-state index in [2.05, 4.69) is 29.2 Å². The summed E-state index contributed by atoms with van der Waals surface area (Å²) < 4.78 is 0. The molecule has 120 valence electrons. The summed E-state index contributed by atoms with van der Waals surface area (Å²) in [5.41, 5.74) is 6.64. The molecule has 0 N–H and O–H groups in total. The molecule has 0 amide bonds. The molecule has 0 unspecified atom stereocenters. The average molecular weight is 315 g/mol. The van der Waals surface area contributed by atoms with E-state index >= 15 is 0 Å². The van der Waals surface area contributed by atoms with Gasteiger partial charge < -0.3 is 0 Å². The summed E-state index contributed by atoms with van der Waals surface area (Å²) in [4.78, 5) is 16.5. The summed E-state index contributed by atoms with van der Waals surface area (Å²) in [5.74, 6) is 0.244. The fourth-order valence-corrected chi connectivity index (χ4v) is 2.88. The lowest BCUT2D eigenvalue weighted by Crippen LogP contribution is -2.06. The number of pyridine rings is 1. The van der Waals surface area contributed by atoms with E-state index in [4.69, 9.17) is 0 Å². The maximum Gasteiger partial charge on any atom is 0.141 e. The van der Waals surface area contributed by atoms with Crippen LogP contribution in [0.2, 0.25) is 0 Å².